The lowest BCUT2D eigenvalue weighted by Crippen LogP contribution is -2.44. The smallest absolute Gasteiger partial charge is 0.344 e. The second kappa shape index (κ2) is 8.26. The topological polar surface area (TPSA) is 90.0 Å². The number of aryl methyl sites for hydroxylation is 1. The van der Waals surface area contributed by atoms with Crippen molar-refractivity contribution in [2.24, 2.45) is 0 Å². The van der Waals surface area contributed by atoms with E-state index in [0.29, 0.717) is 17.2 Å². The van der Waals surface area contributed by atoms with Crippen molar-refractivity contribution in [3.05, 3.63) is 28.8 Å². The van der Waals surface area contributed by atoms with Crippen LogP contribution in [0.1, 0.15) is 18.9 Å². The summed E-state index contributed by atoms with van der Waals surface area (Å²) < 4.78 is 33.5. The van der Waals surface area contributed by atoms with Gasteiger partial charge in [0.2, 0.25) is 0 Å². The zero-order chi connectivity index (χ0) is 19.5. The molecule has 0 aliphatic carbocycles. The van der Waals surface area contributed by atoms with Crippen LogP contribution in [0.2, 0.25) is 5.02 Å². The Bertz CT molecular complexity index is 794. The van der Waals surface area contributed by atoms with E-state index in [4.69, 9.17) is 21.1 Å². The number of esters is 1. The first-order chi connectivity index (χ1) is 12.1. The van der Waals surface area contributed by atoms with E-state index < -0.39 is 27.8 Å². The Balaban J connectivity index is 1.83. The van der Waals surface area contributed by atoms with Gasteiger partial charge in [-0.1, -0.05) is 11.6 Å². The van der Waals surface area contributed by atoms with Crippen molar-refractivity contribution in [3.63, 3.8) is 0 Å². The van der Waals surface area contributed by atoms with Crippen molar-refractivity contribution in [2.75, 3.05) is 25.2 Å². The number of benzene rings is 1. The number of rotatable bonds is 6. The fraction of sp³-hybridized carbons (Fsp3) is 0.529. The van der Waals surface area contributed by atoms with Gasteiger partial charge in [-0.15, -0.1) is 0 Å². The molecule has 2 rings (SSSR count). The molecule has 1 amide bonds. The second-order valence-electron chi connectivity index (χ2n) is 6.34. The van der Waals surface area contributed by atoms with Crippen LogP contribution in [-0.2, 0) is 24.2 Å². The van der Waals surface area contributed by atoms with E-state index in [-0.39, 0.29) is 24.2 Å². The quantitative estimate of drug-likeness (QED) is 0.670. The zero-order valence-corrected chi connectivity index (χ0v) is 16.5. The Morgan fingerprint density at radius 1 is 1.38 bits per heavy atom. The highest BCUT2D eigenvalue weighted by atomic mass is 35.5. The third kappa shape index (κ3) is 5.35. The molecule has 0 bridgehead atoms. The summed E-state index contributed by atoms with van der Waals surface area (Å²) >= 11 is 5.92. The second-order valence-corrected chi connectivity index (χ2v) is 8.97. The van der Waals surface area contributed by atoms with Gasteiger partial charge in [-0.3, -0.25) is 4.79 Å². The SMILES string of the molecule is Cc1cc(OCC(=O)OC(C)C(=O)N(C)C2CCS(=O)(=O)C2)ccc1Cl. The van der Waals surface area contributed by atoms with Gasteiger partial charge in [-0.2, -0.15) is 0 Å². The minimum Gasteiger partial charge on any atom is -0.482 e. The van der Waals surface area contributed by atoms with E-state index in [1.807, 2.05) is 6.92 Å². The number of amides is 1. The maximum Gasteiger partial charge on any atom is 0.344 e. The van der Waals surface area contributed by atoms with E-state index in [0.717, 1.165) is 5.56 Å². The number of ether oxygens (including phenoxy) is 2. The molecule has 0 aromatic heterocycles. The van der Waals surface area contributed by atoms with Gasteiger partial charge in [0.25, 0.3) is 5.91 Å². The highest BCUT2D eigenvalue weighted by molar-refractivity contribution is 7.91. The average molecular weight is 404 g/mol. The lowest BCUT2D eigenvalue weighted by Gasteiger charge is -2.26. The average Bonchev–Trinajstić information content (AvgIpc) is 2.94. The molecule has 1 saturated heterocycles. The van der Waals surface area contributed by atoms with Gasteiger partial charge >= 0.3 is 5.97 Å². The number of sulfone groups is 1. The van der Waals surface area contributed by atoms with Gasteiger partial charge in [0.1, 0.15) is 5.75 Å². The molecule has 2 atom stereocenters. The summed E-state index contributed by atoms with van der Waals surface area (Å²) in [6, 6.07) is 4.60. The molecular weight excluding hydrogens is 382 g/mol. The number of hydrogen-bond donors (Lipinski definition) is 0. The van der Waals surface area contributed by atoms with Gasteiger partial charge in [0.15, 0.2) is 22.5 Å². The van der Waals surface area contributed by atoms with Crippen molar-refractivity contribution < 1.29 is 27.5 Å². The van der Waals surface area contributed by atoms with Gasteiger partial charge in [0.05, 0.1) is 11.5 Å². The summed E-state index contributed by atoms with van der Waals surface area (Å²) in [6.07, 6.45) is -0.629. The molecule has 0 radical (unpaired) electrons. The van der Waals surface area contributed by atoms with Crippen molar-refractivity contribution in [1.82, 2.24) is 4.90 Å². The van der Waals surface area contributed by atoms with Crippen LogP contribution in [0.5, 0.6) is 5.75 Å². The normalized spacial score (nSPS) is 19.6. The van der Waals surface area contributed by atoms with Crippen LogP contribution < -0.4 is 4.74 Å². The summed E-state index contributed by atoms with van der Waals surface area (Å²) in [6.45, 7) is 2.92. The maximum atomic E-state index is 12.3. The Labute approximate surface area is 158 Å². The molecule has 1 fully saturated rings. The Morgan fingerprint density at radius 3 is 2.65 bits per heavy atom. The van der Waals surface area contributed by atoms with E-state index in [2.05, 4.69) is 0 Å². The third-order valence-corrected chi connectivity index (χ3v) is 6.42. The summed E-state index contributed by atoms with van der Waals surface area (Å²) in [5, 5.41) is 0.594. The van der Waals surface area contributed by atoms with E-state index in [1.54, 1.807) is 18.2 Å². The Morgan fingerprint density at radius 2 is 2.08 bits per heavy atom. The minimum absolute atomic E-state index is 0.0606. The summed E-state index contributed by atoms with van der Waals surface area (Å²) in [5.41, 5.74) is 0.814. The first kappa shape index (κ1) is 20.5. The predicted octanol–water partition coefficient (Wildman–Crippen LogP) is 1.60. The summed E-state index contributed by atoms with van der Waals surface area (Å²) in [4.78, 5) is 25.6. The molecule has 1 aliphatic rings. The molecule has 1 aliphatic heterocycles. The van der Waals surface area contributed by atoms with Crippen LogP contribution in [0.3, 0.4) is 0 Å². The van der Waals surface area contributed by atoms with E-state index in [9.17, 15) is 18.0 Å². The lowest BCUT2D eigenvalue weighted by atomic mass is 10.2. The molecule has 7 nitrogen and oxygen atoms in total. The summed E-state index contributed by atoms with van der Waals surface area (Å²) in [5.74, 6) is -0.656. The van der Waals surface area contributed by atoms with Crippen LogP contribution in [-0.4, -0.2) is 62.5 Å². The number of nitrogens with zero attached hydrogens (tertiary/aromatic N) is 1. The van der Waals surface area contributed by atoms with Gasteiger partial charge in [0, 0.05) is 18.1 Å². The third-order valence-electron chi connectivity index (χ3n) is 4.25. The standard InChI is InChI=1S/C17H22ClNO6S/c1-11-8-14(4-5-15(11)18)24-9-16(20)25-12(2)17(21)19(3)13-6-7-26(22,23)10-13/h4-5,8,12-13H,6-7,9-10H2,1-3H3. The molecule has 0 spiro atoms. The van der Waals surface area contributed by atoms with Crippen LogP contribution in [0.4, 0.5) is 0 Å². The molecule has 1 aromatic rings. The van der Waals surface area contributed by atoms with Crippen LogP contribution in [0.25, 0.3) is 0 Å². The van der Waals surface area contributed by atoms with Crippen molar-refractivity contribution >= 4 is 33.3 Å². The number of hydrogen-bond acceptors (Lipinski definition) is 6. The van der Waals surface area contributed by atoms with E-state index in [1.165, 1.54) is 18.9 Å². The maximum absolute atomic E-state index is 12.3. The van der Waals surface area contributed by atoms with Crippen LogP contribution in [0.15, 0.2) is 18.2 Å². The monoisotopic (exact) mass is 403 g/mol. The van der Waals surface area contributed by atoms with Gasteiger partial charge in [-0.25, -0.2) is 13.2 Å². The van der Waals surface area contributed by atoms with Crippen LogP contribution in [0, 0.1) is 6.92 Å². The molecule has 1 heterocycles. The molecule has 144 valence electrons. The lowest BCUT2D eigenvalue weighted by molar-refractivity contribution is -0.160. The van der Waals surface area contributed by atoms with E-state index >= 15 is 0 Å². The first-order valence-electron chi connectivity index (χ1n) is 8.14. The Kier molecular flexibility index (Phi) is 6.52. The molecule has 0 N–H and O–H groups in total. The van der Waals surface area contributed by atoms with Crippen molar-refractivity contribution in [1.29, 1.82) is 0 Å². The predicted molar refractivity (Wildman–Crippen MR) is 97.1 cm³/mol. The largest absolute Gasteiger partial charge is 0.482 e. The number of likely N-dealkylation sites (N-methyl/N-ethyl adjacent to an activating group) is 1. The molecule has 9 heteroatoms. The number of carbonyl (C=O) groups excluding carboxylic acids is 2. The van der Waals surface area contributed by atoms with Gasteiger partial charge < -0.3 is 14.4 Å². The highest BCUT2D eigenvalue weighted by Gasteiger charge is 2.34. The molecule has 26 heavy (non-hydrogen) atoms. The first-order valence-corrected chi connectivity index (χ1v) is 10.3. The van der Waals surface area contributed by atoms with Crippen molar-refractivity contribution in [2.45, 2.75) is 32.4 Å². The molecular formula is C17H22ClNO6S. The van der Waals surface area contributed by atoms with Gasteiger partial charge in [-0.05, 0) is 44.0 Å². The molecule has 2 unspecified atom stereocenters. The van der Waals surface area contributed by atoms with Crippen LogP contribution >= 0.6 is 11.6 Å². The molecule has 1 aromatic carbocycles. The number of carbonyl (C=O) groups is 2. The number of halogens is 1. The fourth-order valence-electron chi connectivity index (χ4n) is 2.68. The minimum atomic E-state index is -3.10. The highest BCUT2D eigenvalue weighted by Crippen LogP contribution is 2.21. The fourth-order valence-corrected chi connectivity index (χ4v) is 4.57. The Hall–Kier alpha value is -1.80. The molecule has 0 saturated carbocycles. The van der Waals surface area contributed by atoms with Crippen molar-refractivity contribution in [3.8, 4) is 5.75 Å². The zero-order valence-electron chi connectivity index (χ0n) is 14.9. The summed E-state index contributed by atoms with van der Waals surface area (Å²) in [7, 11) is -1.58.